The number of carbonyl (C=O) groups is 2. The SMILES string of the molecule is CCOc1ccccc1NC(=O)C(C#N)C(=O)c1cc2ccccc2s1. The zero-order chi connectivity index (χ0) is 18.5. The van der Waals surface area contributed by atoms with Gasteiger partial charge in [0.2, 0.25) is 5.91 Å². The number of fused-ring (bicyclic) bond motifs is 1. The van der Waals surface area contributed by atoms with Gasteiger partial charge in [0.25, 0.3) is 0 Å². The summed E-state index contributed by atoms with van der Waals surface area (Å²) in [6, 6.07) is 18.0. The highest BCUT2D eigenvalue weighted by molar-refractivity contribution is 7.20. The van der Waals surface area contributed by atoms with Crippen molar-refractivity contribution in [1.82, 2.24) is 0 Å². The lowest BCUT2D eigenvalue weighted by molar-refractivity contribution is -0.117. The Hall–Kier alpha value is -3.17. The summed E-state index contributed by atoms with van der Waals surface area (Å²) in [6.45, 7) is 2.27. The van der Waals surface area contributed by atoms with Crippen LogP contribution in [0.2, 0.25) is 0 Å². The summed E-state index contributed by atoms with van der Waals surface area (Å²) in [5, 5.41) is 12.9. The first kappa shape index (κ1) is 17.6. The Kier molecular flexibility index (Phi) is 5.30. The van der Waals surface area contributed by atoms with E-state index in [2.05, 4.69) is 5.32 Å². The molecule has 0 bridgehead atoms. The number of hydrogen-bond acceptors (Lipinski definition) is 5. The Morgan fingerprint density at radius 2 is 1.92 bits per heavy atom. The second kappa shape index (κ2) is 7.81. The van der Waals surface area contributed by atoms with Crippen LogP contribution in [-0.2, 0) is 4.79 Å². The number of thiophene rings is 1. The summed E-state index contributed by atoms with van der Waals surface area (Å²) in [4.78, 5) is 25.6. The van der Waals surface area contributed by atoms with Crippen molar-refractivity contribution in [3.63, 3.8) is 0 Å². The molecule has 1 heterocycles. The van der Waals surface area contributed by atoms with Crippen LogP contribution in [0.1, 0.15) is 16.6 Å². The Morgan fingerprint density at radius 3 is 2.65 bits per heavy atom. The number of Topliss-reactive ketones (excluding diaryl/α,β-unsaturated/α-hetero) is 1. The molecule has 26 heavy (non-hydrogen) atoms. The van der Waals surface area contributed by atoms with E-state index in [-0.39, 0.29) is 0 Å². The molecule has 3 rings (SSSR count). The van der Waals surface area contributed by atoms with E-state index in [9.17, 15) is 14.9 Å². The van der Waals surface area contributed by atoms with Crippen molar-refractivity contribution in [3.05, 3.63) is 59.5 Å². The fraction of sp³-hybridized carbons (Fsp3) is 0.150. The lowest BCUT2D eigenvalue weighted by Gasteiger charge is -2.12. The van der Waals surface area contributed by atoms with Crippen LogP contribution in [0, 0.1) is 17.2 Å². The zero-order valence-corrected chi connectivity index (χ0v) is 14.9. The number of ether oxygens (including phenoxy) is 1. The molecule has 0 radical (unpaired) electrons. The summed E-state index contributed by atoms with van der Waals surface area (Å²) in [7, 11) is 0. The van der Waals surface area contributed by atoms with Crippen LogP contribution >= 0.6 is 11.3 Å². The van der Waals surface area contributed by atoms with E-state index in [1.807, 2.05) is 37.3 Å². The molecule has 1 atom stereocenters. The van der Waals surface area contributed by atoms with Crippen LogP contribution in [-0.4, -0.2) is 18.3 Å². The second-order valence-corrected chi connectivity index (χ2v) is 6.58. The maximum atomic E-state index is 12.7. The number of nitrogens with zero attached hydrogens (tertiary/aromatic N) is 1. The highest BCUT2D eigenvalue weighted by atomic mass is 32.1. The third-order valence-corrected chi connectivity index (χ3v) is 4.90. The van der Waals surface area contributed by atoms with Gasteiger partial charge in [0.05, 0.1) is 23.2 Å². The molecular formula is C20H16N2O3S. The lowest BCUT2D eigenvalue weighted by Crippen LogP contribution is -2.28. The maximum absolute atomic E-state index is 12.7. The van der Waals surface area contributed by atoms with E-state index in [1.54, 1.807) is 30.3 Å². The number of benzene rings is 2. The third-order valence-electron chi connectivity index (χ3n) is 3.77. The molecule has 130 valence electrons. The van der Waals surface area contributed by atoms with E-state index < -0.39 is 17.6 Å². The van der Waals surface area contributed by atoms with Crippen molar-refractivity contribution < 1.29 is 14.3 Å². The molecule has 1 N–H and O–H groups in total. The summed E-state index contributed by atoms with van der Waals surface area (Å²) in [5.74, 6) is -2.09. The molecule has 0 spiro atoms. The number of amides is 1. The minimum Gasteiger partial charge on any atom is -0.492 e. The van der Waals surface area contributed by atoms with Crippen LogP contribution < -0.4 is 10.1 Å². The van der Waals surface area contributed by atoms with Crippen molar-refractivity contribution in [1.29, 1.82) is 5.26 Å². The third kappa shape index (κ3) is 3.58. The van der Waals surface area contributed by atoms with E-state index in [1.165, 1.54) is 11.3 Å². The molecule has 5 nitrogen and oxygen atoms in total. The minimum absolute atomic E-state index is 0.394. The van der Waals surface area contributed by atoms with Gasteiger partial charge in [0.15, 0.2) is 11.7 Å². The number of rotatable bonds is 6. The van der Waals surface area contributed by atoms with Gasteiger partial charge in [-0.25, -0.2) is 0 Å². The van der Waals surface area contributed by atoms with Crippen LogP contribution in [0.4, 0.5) is 5.69 Å². The van der Waals surface area contributed by atoms with E-state index in [4.69, 9.17) is 4.74 Å². The van der Waals surface area contributed by atoms with Gasteiger partial charge in [-0.2, -0.15) is 5.26 Å². The number of carbonyl (C=O) groups excluding carboxylic acids is 2. The quantitative estimate of drug-likeness (QED) is 0.523. The fourth-order valence-corrected chi connectivity index (χ4v) is 3.57. The summed E-state index contributed by atoms with van der Waals surface area (Å²) < 4.78 is 6.40. The summed E-state index contributed by atoms with van der Waals surface area (Å²) in [5.41, 5.74) is 0.434. The number of anilines is 1. The van der Waals surface area contributed by atoms with Gasteiger partial charge >= 0.3 is 0 Å². The molecule has 0 fully saturated rings. The molecule has 0 aliphatic heterocycles. The molecule has 0 aliphatic carbocycles. The Bertz CT molecular complexity index is 970. The molecule has 1 aromatic heterocycles. The number of ketones is 1. The molecular weight excluding hydrogens is 348 g/mol. The van der Waals surface area contributed by atoms with E-state index in [0.29, 0.717) is 22.9 Å². The van der Waals surface area contributed by atoms with Crippen LogP contribution in [0.5, 0.6) is 5.75 Å². The van der Waals surface area contributed by atoms with Crippen LogP contribution in [0.15, 0.2) is 54.6 Å². The zero-order valence-electron chi connectivity index (χ0n) is 14.1. The number of para-hydroxylation sites is 2. The number of hydrogen-bond donors (Lipinski definition) is 1. The van der Waals surface area contributed by atoms with Crippen LogP contribution in [0.3, 0.4) is 0 Å². The first-order valence-corrected chi connectivity index (χ1v) is 8.90. The van der Waals surface area contributed by atoms with Crippen molar-refractivity contribution in [2.24, 2.45) is 5.92 Å². The molecule has 6 heteroatoms. The van der Waals surface area contributed by atoms with Gasteiger partial charge in [-0.1, -0.05) is 30.3 Å². The Balaban J connectivity index is 1.83. The van der Waals surface area contributed by atoms with Crippen molar-refractivity contribution in [2.45, 2.75) is 6.92 Å². The van der Waals surface area contributed by atoms with E-state index in [0.717, 1.165) is 10.1 Å². The normalized spacial score (nSPS) is 11.5. The molecule has 2 aromatic carbocycles. The molecule has 0 saturated heterocycles. The topological polar surface area (TPSA) is 79.2 Å². The summed E-state index contributed by atoms with van der Waals surface area (Å²) in [6.07, 6.45) is 0. The van der Waals surface area contributed by atoms with Crippen molar-refractivity contribution >= 4 is 38.8 Å². The monoisotopic (exact) mass is 364 g/mol. The molecule has 0 saturated carbocycles. The molecule has 3 aromatic rings. The second-order valence-electron chi connectivity index (χ2n) is 5.49. The van der Waals surface area contributed by atoms with Gasteiger partial charge in [0.1, 0.15) is 5.75 Å². The highest BCUT2D eigenvalue weighted by Crippen LogP contribution is 2.28. The largest absolute Gasteiger partial charge is 0.492 e. The predicted molar refractivity (Wildman–Crippen MR) is 101 cm³/mol. The van der Waals surface area contributed by atoms with Crippen LogP contribution in [0.25, 0.3) is 10.1 Å². The maximum Gasteiger partial charge on any atom is 0.249 e. The number of nitriles is 1. The highest BCUT2D eigenvalue weighted by Gasteiger charge is 2.29. The van der Waals surface area contributed by atoms with Crippen molar-refractivity contribution in [3.8, 4) is 11.8 Å². The molecule has 1 amide bonds. The smallest absolute Gasteiger partial charge is 0.249 e. The van der Waals surface area contributed by atoms with E-state index >= 15 is 0 Å². The van der Waals surface area contributed by atoms with Gasteiger partial charge in [-0.3, -0.25) is 9.59 Å². The minimum atomic E-state index is -1.42. The molecule has 1 unspecified atom stereocenters. The summed E-state index contributed by atoms with van der Waals surface area (Å²) >= 11 is 1.28. The van der Waals surface area contributed by atoms with Gasteiger partial charge in [-0.05, 0) is 36.6 Å². The lowest BCUT2D eigenvalue weighted by atomic mass is 10.0. The van der Waals surface area contributed by atoms with Gasteiger partial charge in [-0.15, -0.1) is 11.3 Å². The first-order valence-electron chi connectivity index (χ1n) is 8.09. The Labute approximate surface area is 154 Å². The van der Waals surface area contributed by atoms with Gasteiger partial charge in [0, 0.05) is 4.70 Å². The number of nitrogens with one attached hydrogen (secondary N) is 1. The first-order chi connectivity index (χ1) is 12.6. The van der Waals surface area contributed by atoms with Gasteiger partial charge < -0.3 is 10.1 Å². The van der Waals surface area contributed by atoms with Crippen molar-refractivity contribution in [2.75, 3.05) is 11.9 Å². The average Bonchev–Trinajstić information content (AvgIpc) is 3.08. The average molecular weight is 364 g/mol. The standard InChI is InChI=1S/C20H16N2O3S/c1-2-25-16-9-5-4-8-15(16)22-20(24)14(12-21)19(23)18-11-13-7-3-6-10-17(13)26-18/h3-11,14H,2H2,1H3,(H,22,24). The predicted octanol–water partition coefficient (Wildman–Crippen LogP) is 4.26. The fourth-order valence-electron chi connectivity index (χ4n) is 2.54. The Morgan fingerprint density at radius 1 is 1.19 bits per heavy atom. The molecule has 0 aliphatic rings.